The Morgan fingerprint density at radius 1 is 1.30 bits per heavy atom. The fourth-order valence-corrected chi connectivity index (χ4v) is 2.87. The lowest BCUT2D eigenvalue weighted by Crippen LogP contribution is -2.17. The number of nitrogens with two attached hydrogens (primary N) is 1. The number of nitrogens with one attached hydrogen (secondary N) is 1. The minimum Gasteiger partial charge on any atom is -0.326 e. The normalized spacial score (nSPS) is 13.3. The number of rotatable bonds is 3. The van der Waals surface area contributed by atoms with Crippen molar-refractivity contribution in [3.63, 3.8) is 0 Å². The molecule has 1 heterocycles. The molecule has 7 heteroatoms. The number of nitrogens with zero attached hydrogens (tertiary/aromatic N) is 2. The smallest absolute Gasteiger partial charge is 0.326 e. The monoisotopic (exact) mass is 382 g/mol. The van der Waals surface area contributed by atoms with Gasteiger partial charge in [-0.1, -0.05) is 29.5 Å². The minimum atomic E-state index is -0.570. The van der Waals surface area contributed by atoms with E-state index >= 15 is 0 Å². The van der Waals surface area contributed by atoms with Crippen molar-refractivity contribution in [2.75, 3.05) is 0 Å². The third-order valence-electron chi connectivity index (χ3n) is 4.31. The van der Waals surface area contributed by atoms with E-state index in [1.807, 2.05) is 0 Å². The molecule has 136 valence electrons. The molecule has 1 aliphatic rings. The molecule has 0 aliphatic heterocycles. The summed E-state index contributed by atoms with van der Waals surface area (Å²) in [6, 6.07) is 9.71. The third kappa shape index (κ3) is 3.65. The number of H-pyrrole nitrogens is 1. The van der Waals surface area contributed by atoms with E-state index in [1.54, 1.807) is 24.3 Å². The molecule has 3 aromatic rings. The molecule has 5 nitrogen and oxygen atoms in total. The van der Waals surface area contributed by atoms with Gasteiger partial charge in [0, 0.05) is 23.6 Å². The van der Waals surface area contributed by atoms with Crippen LogP contribution in [0, 0.1) is 23.6 Å². The standard InChI is InChI=1S/C20H16ClFN4O/c21-16-7-5-14(11-23)9-15(16)19-24-20(27)26(25-19)18-8-6-13(10-17(18)22)4-3-12-1-2-12/h5-10,12H,1-2,11,23H2,(H,24,25,27). The van der Waals surface area contributed by atoms with E-state index in [0.717, 1.165) is 23.1 Å². The molecule has 0 atom stereocenters. The molecule has 27 heavy (non-hydrogen) atoms. The highest BCUT2D eigenvalue weighted by Crippen LogP contribution is 2.28. The molecule has 0 unspecified atom stereocenters. The number of benzene rings is 2. The average molecular weight is 383 g/mol. The van der Waals surface area contributed by atoms with Crippen molar-refractivity contribution in [2.24, 2.45) is 11.7 Å². The lowest BCUT2D eigenvalue weighted by Gasteiger charge is -2.04. The molecule has 1 aliphatic carbocycles. The first-order chi connectivity index (χ1) is 13.0. The highest BCUT2D eigenvalue weighted by atomic mass is 35.5. The minimum absolute atomic E-state index is 0.0468. The molecular weight excluding hydrogens is 367 g/mol. The molecule has 0 spiro atoms. The summed E-state index contributed by atoms with van der Waals surface area (Å²) in [7, 11) is 0. The Balaban J connectivity index is 1.72. The summed E-state index contributed by atoms with van der Waals surface area (Å²) >= 11 is 6.21. The third-order valence-corrected chi connectivity index (χ3v) is 4.64. The molecule has 0 bridgehead atoms. The lowest BCUT2D eigenvalue weighted by molar-refractivity contribution is 0.607. The fourth-order valence-electron chi connectivity index (χ4n) is 2.66. The molecule has 2 aromatic carbocycles. The molecular formula is C20H16ClFN4O. The molecule has 4 rings (SSSR count). The van der Waals surface area contributed by atoms with Gasteiger partial charge in [-0.25, -0.2) is 9.18 Å². The van der Waals surface area contributed by atoms with Crippen LogP contribution in [0.3, 0.4) is 0 Å². The zero-order chi connectivity index (χ0) is 19.0. The fraction of sp³-hybridized carbons (Fsp3) is 0.200. The van der Waals surface area contributed by atoms with E-state index in [1.165, 1.54) is 12.1 Å². The SMILES string of the molecule is NCc1ccc(Cl)c(-c2nn(-c3ccc(C#CC4CC4)cc3F)c(=O)[nH]2)c1. The van der Waals surface area contributed by atoms with E-state index < -0.39 is 11.5 Å². The summed E-state index contributed by atoms with van der Waals surface area (Å²) in [4.78, 5) is 14.9. The van der Waals surface area contributed by atoms with E-state index in [2.05, 4.69) is 21.9 Å². The van der Waals surface area contributed by atoms with Crippen molar-refractivity contribution >= 4 is 11.6 Å². The number of hydrogen-bond donors (Lipinski definition) is 2. The van der Waals surface area contributed by atoms with Gasteiger partial charge in [-0.2, -0.15) is 4.68 Å². The van der Waals surface area contributed by atoms with Gasteiger partial charge in [-0.05, 0) is 48.7 Å². The topological polar surface area (TPSA) is 76.7 Å². The number of aromatic amines is 1. The predicted molar refractivity (Wildman–Crippen MR) is 102 cm³/mol. The Kier molecular flexibility index (Phi) is 4.56. The van der Waals surface area contributed by atoms with Crippen LogP contribution in [-0.2, 0) is 6.54 Å². The summed E-state index contributed by atoms with van der Waals surface area (Å²) < 4.78 is 15.5. The number of halogens is 2. The van der Waals surface area contributed by atoms with E-state index in [-0.39, 0.29) is 11.5 Å². The van der Waals surface area contributed by atoms with Crippen LogP contribution in [0.2, 0.25) is 5.02 Å². The summed E-state index contributed by atoms with van der Waals surface area (Å²) in [6.07, 6.45) is 2.21. The van der Waals surface area contributed by atoms with Crippen LogP contribution in [0.1, 0.15) is 24.0 Å². The lowest BCUT2D eigenvalue weighted by atomic mass is 10.1. The zero-order valence-electron chi connectivity index (χ0n) is 14.3. The van der Waals surface area contributed by atoms with Gasteiger partial charge in [0.1, 0.15) is 11.5 Å². The second-order valence-corrected chi connectivity index (χ2v) is 6.83. The summed E-state index contributed by atoms with van der Waals surface area (Å²) in [6.45, 7) is 0.326. The highest BCUT2D eigenvalue weighted by Gasteiger charge is 2.18. The zero-order valence-corrected chi connectivity index (χ0v) is 15.1. The predicted octanol–water partition coefficient (Wildman–Crippen LogP) is 3.24. The first-order valence-electron chi connectivity index (χ1n) is 8.55. The summed E-state index contributed by atoms with van der Waals surface area (Å²) in [5, 5.41) is 4.62. The quantitative estimate of drug-likeness (QED) is 0.683. The number of aromatic nitrogens is 3. The van der Waals surface area contributed by atoms with Crippen LogP contribution in [-0.4, -0.2) is 14.8 Å². The molecule has 0 radical (unpaired) electrons. The molecule has 1 saturated carbocycles. The van der Waals surface area contributed by atoms with Crippen LogP contribution in [0.5, 0.6) is 0 Å². The van der Waals surface area contributed by atoms with Gasteiger partial charge in [0.15, 0.2) is 5.82 Å². The van der Waals surface area contributed by atoms with Crippen molar-refractivity contribution in [3.8, 4) is 28.9 Å². The van der Waals surface area contributed by atoms with Crippen molar-refractivity contribution in [2.45, 2.75) is 19.4 Å². The van der Waals surface area contributed by atoms with E-state index in [0.29, 0.717) is 28.6 Å². The second-order valence-electron chi connectivity index (χ2n) is 6.42. The van der Waals surface area contributed by atoms with Crippen LogP contribution < -0.4 is 11.4 Å². The molecule has 0 saturated heterocycles. The summed E-state index contributed by atoms with van der Waals surface area (Å²) in [5.74, 6) is 6.15. The van der Waals surface area contributed by atoms with Gasteiger partial charge in [0.25, 0.3) is 0 Å². The molecule has 0 amide bonds. The maximum atomic E-state index is 14.5. The van der Waals surface area contributed by atoms with Crippen LogP contribution >= 0.6 is 11.6 Å². The molecule has 3 N–H and O–H groups in total. The van der Waals surface area contributed by atoms with Crippen molar-refractivity contribution in [1.82, 2.24) is 14.8 Å². The van der Waals surface area contributed by atoms with Gasteiger partial charge in [-0.15, -0.1) is 5.10 Å². The highest BCUT2D eigenvalue weighted by molar-refractivity contribution is 6.33. The number of hydrogen-bond acceptors (Lipinski definition) is 3. The first-order valence-corrected chi connectivity index (χ1v) is 8.92. The molecule has 1 aromatic heterocycles. The van der Waals surface area contributed by atoms with Gasteiger partial charge in [-0.3, -0.25) is 4.98 Å². The van der Waals surface area contributed by atoms with Crippen LogP contribution in [0.15, 0.2) is 41.2 Å². The molecule has 1 fully saturated rings. The van der Waals surface area contributed by atoms with Gasteiger partial charge < -0.3 is 5.73 Å². The van der Waals surface area contributed by atoms with E-state index in [4.69, 9.17) is 17.3 Å². The Bertz CT molecular complexity index is 1130. The van der Waals surface area contributed by atoms with Gasteiger partial charge in [0.05, 0.1) is 5.02 Å². The van der Waals surface area contributed by atoms with Crippen molar-refractivity contribution < 1.29 is 4.39 Å². The first kappa shape index (κ1) is 17.5. The van der Waals surface area contributed by atoms with Crippen LogP contribution in [0.4, 0.5) is 4.39 Å². The largest absolute Gasteiger partial charge is 0.348 e. The van der Waals surface area contributed by atoms with Crippen molar-refractivity contribution in [1.29, 1.82) is 0 Å². The Morgan fingerprint density at radius 3 is 2.81 bits per heavy atom. The maximum Gasteiger partial charge on any atom is 0.348 e. The maximum absolute atomic E-state index is 14.5. The van der Waals surface area contributed by atoms with E-state index in [9.17, 15) is 9.18 Å². The Hall–Kier alpha value is -2.88. The van der Waals surface area contributed by atoms with Crippen molar-refractivity contribution in [3.05, 3.63) is 68.8 Å². The van der Waals surface area contributed by atoms with Crippen LogP contribution in [0.25, 0.3) is 17.1 Å². The summed E-state index contributed by atoms with van der Waals surface area (Å²) in [5.41, 5.74) is 7.09. The Morgan fingerprint density at radius 2 is 2.11 bits per heavy atom. The van der Waals surface area contributed by atoms with Gasteiger partial charge >= 0.3 is 5.69 Å². The second kappa shape index (κ2) is 7.03. The Labute approximate surface area is 160 Å². The average Bonchev–Trinajstić information content (AvgIpc) is 3.42. The van der Waals surface area contributed by atoms with Gasteiger partial charge in [0.2, 0.25) is 0 Å².